The summed E-state index contributed by atoms with van der Waals surface area (Å²) in [5.41, 5.74) is 0.500. The van der Waals surface area contributed by atoms with Crippen molar-refractivity contribution >= 4 is 29.1 Å². The van der Waals surface area contributed by atoms with E-state index in [9.17, 15) is 18.4 Å². The standard InChI is InChI=1S/C20H19ClF2N2O3/c1-28-18-5-3-2-4-17(18)24-19(26)12-6-8-25(9-7-12)20(27)13-10-15(22)16(23)11-14(13)21/h2-5,10-12H,6-9H2,1H3,(H,24,26). The van der Waals surface area contributed by atoms with E-state index < -0.39 is 17.5 Å². The minimum absolute atomic E-state index is 0.0857. The number of rotatable bonds is 4. The molecule has 1 N–H and O–H groups in total. The Morgan fingerprint density at radius 2 is 1.79 bits per heavy atom. The fourth-order valence-corrected chi connectivity index (χ4v) is 3.42. The number of para-hydroxylation sites is 2. The summed E-state index contributed by atoms with van der Waals surface area (Å²) in [6, 6.07) is 8.70. The average Bonchev–Trinajstić information content (AvgIpc) is 2.70. The lowest BCUT2D eigenvalue weighted by atomic mass is 9.95. The quantitative estimate of drug-likeness (QED) is 0.774. The number of nitrogens with one attached hydrogen (secondary N) is 1. The Bertz CT molecular complexity index is 899. The van der Waals surface area contributed by atoms with Crippen LogP contribution >= 0.6 is 11.6 Å². The van der Waals surface area contributed by atoms with E-state index in [4.69, 9.17) is 16.3 Å². The highest BCUT2D eigenvalue weighted by Crippen LogP contribution is 2.27. The van der Waals surface area contributed by atoms with Crippen LogP contribution in [0, 0.1) is 17.6 Å². The number of piperidine rings is 1. The molecule has 0 saturated carbocycles. The van der Waals surface area contributed by atoms with Gasteiger partial charge >= 0.3 is 0 Å². The van der Waals surface area contributed by atoms with E-state index in [0.29, 0.717) is 37.4 Å². The van der Waals surface area contributed by atoms with E-state index in [1.165, 1.54) is 12.0 Å². The third-order valence-corrected chi connectivity index (χ3v) is 5.07. The normalized spacial score (nSPS) is 14.6. The highest BCUT2D eigenvalue weighted by atomic mass is 35.5. The van der Waals surface area contributed by atoms with Crippen LogP contribution in [0.15, 0.2) is 36.4 Å². The molecular weight excluding hydrogens is 390 g/mol. The molecule has 0 bridgehead atoms. The first-order valence-corrected chi connectivity index (χ1v) is 9.16. The van der Waals surface area contributed by atoms with Crippen LogP contribution in [-0.2, 0) is 4.79 Å². The third kappa shape index (κ3) is 4.25. The zero-order valence-corrected chi connectivity index (χ0v) is 15.9. The number of hydrogen-bond donors (Lipinski definition) is 1. The van der Waals surface area contributed by atoms with E-state index >= 15 is 0 Å². The van der Waals surface area contributed by atoms with E-state index in [2.05, 4.69) is 5.32 Å². The molecule has 1 aliphatic heterocycles. The van der Waals surface area contributed by atoms with Crippen LogP contribution in [0.1, 0.15) is 23.2 Å². The van der Waals surface area contributed by atoms with Crippen LogP contribution in [0.25, 0.3) is 0 Å². The molecule has 2 amide bonds. The second kappa shape index (κ2) is 8.56. The van der Waals surface area contributed by atoms with Crippen molar-refractivity contribution in [3.05, 3.63) is 58.6 Å². The molecule has 0 unspecified atom stereocenters. The average molecular weight is 409 g/mol. The van der Waals surface area contributed by atoms with Gasteiger partial charge in [0.05, 0.1) is 23.4 Å². The molecule has 1 saturated heterocycles. The second-order valence-corrected chi connectivity index (χ2v) is 6.91. The van der Waals surface area contributed by atoms with Crippen molar-refractivity contribution in [2.24, 2.45) is 5.92 Å². The molecule has 2 aromatic carbocycles. The van der Waals surface area contributed by atoms with Gasteiger partial charge in [-0.15, -0.1) is 0 Å². The fraction of sp³-hybridized carbons (Fsp3) is 0.300. The molecule has 28 heavy (non-hydrogen) atoms. The minimum atomic E-state index is -1.13. The summed E-state index contributed by atoms with van der Waals surface area (Å²) in [5.74, 6) is -2.56. The number of hydrogen-bond acceptors (Lipinski definition) is 3. The minimum Gasteiger partial charge on any atom is -0.495 e. The van der Waals surface area contributed by atoms with Crippen molar-refractivity contribution in [3.63, 3.8) is 0 Å². The zero-order chi connectivity index (χ0) is 20.3. The number of methoxy groups -OCH3 is 1. The number of amides is 2. The third-order valence-electron chi connectivity index (χ3n) is 4.76. The number of ether oxygens (including phenoxy) is 1. The molecule has 3 rings (SSSR count). The van der Waals surface area contributed by atoms with Crippen molar-refractivity contribution in [1.29, 1.82) is 0 Å². The molecule has 0 aromatic heterocycles. The smallest absolute Gasteiger partial charge is 0.255 e. The maximum atomic E-state index is 13.5. The number of likely N-dealkylation sites (tertiary alicyclic amines) is 1. The molecule has 0 spiro atoms. The molecule has 148 valence electrons. The lowest BCUT2D eigenvalue weighted by Gasteiger charge is -2.31. The largest absolute Gasteiger partial charge is 0.495 e. The molecule has 0 aliphatic carbocycles. The number of halogens is 3. The maximum absolute atomic E-state index is 13.5. The first-order chi connectivity index (χ1) is 13.4. The molecule has 1 heterocycles. The Balaban J connectivity index is 1.62. The van der Waals surface area contributed by atoms with E-state index in [1.807, 2.05) is 6.07 Å². The first kappa shape index (κ1) is 20.1. The van der Waals surface area contributed by atoms with Gasteiger partial charge in [0.25, 0.3) is 5.91 Å². The van der Waals surface area contributed by atoms with Crippen molar-refractivity contribution in [1.82, 2.24) is 4.90 Å². The van der Waals surface area contributed by atoms with Gasteiger partial charge < -0.3 is 15.0 Å². The van der Waals surface area contributed by atoms with Crippen LogP contribution in [0.2, 0.25) is 5.02 Å². The lowest BCUT2D eigenvalue weighted by Crippen LogP contribution is -2.41. The predicted molar refractivity (Wildman–Crippen MR) is 102 cm³/mol. The van der Waals surface area contributed by atoms with Crippen LogP contribution < -0.4 is 10.1 Å². The van der Waals surface area contributed by atoms with Crippen molar-refractivity contribution < 1.29 is 23.1 Å². The van der Waals surface area contributed by atoms with Crippen LogP contribution in [-0.4, -0.2) is 36.9 Å². The number of carbonyl (C=O) groups is 2. The van der Waals surface area contributed by atoms with Gasteiger partial charge in [-0.25, -0.2) is 8.78 Å². The number of nitrogens with zero attached hydrogens (tertiary/aromatic N) is 1. The summed E-state index contributed by atoms with van der Waals surface area (Å²) < 4.78 is 31.9. The van der Waals surface area contributed by atoms with Crippen molar-refractivity contribution in [3.8, 4) is 5.75 Å². The Hall–Kier alpha value is -2.67. The van der Waals surface area contributed by atoms with Gasteiger partial charge in [0.15, 0.2) is 11.6 Å². The van der Waals surface area contributed by atoms with Crippen LogP contribution in [0.5, 0.6) is 5.75 Å². The highest BCUT2D eigenvalue weighted by molar-refractivity contribution is 6.33. The van der Waals surface area contributed by atoms with Gasteiger partial charge in [-0.3, -0.25) is 9.59 Å². The van der Waals surface area contributed by atoms with E-state index in [1.54, 1.807) is 18.2 Å². The van der Waals surface area contributed by atoms with Gasteiger partial charge in [-0.1, -0.05) is 23.7 Å². The summed E-state index contributed by atoms with van der Waals surface area (Å²) in [4.78, 5) is 26.6. The Kier molecular flexibility index (Phi) is 6.14. The van der Waals surface area contributed by atoms with Gasteiger partial charge in [-0.05, 0) is 37.1 Å². The molecule has 1 aliphatic rings. The van der Waals surface area contributed by atoms with Gasteiger partial charge in [-0.2, -0.15) is 0 Å². The monoisotopic (exact) mass is 408 g/mol. The molecule has 8 heteroatoms. The van der Waals surface area contributed by atoms with Gasteiger partial charge in [0.1, 0.15) is 5.75 Å². The Labute approximate surface area is 166 Å². The second-order valence-electron chi connectivity index (χ2n) is 6.50. The molecule has 0 radical (unpaired) electrons. The predicted octanol–water partition coefficient (Wildman–Crippen LogP) is 4.12. The van der Waals surface area contributed by atoms with Crippen LogP contribution in [0.4, 0.5) is 14.5 Å². The van der Waals surface area contributed by atoms with Crippen molar-refractivity contribution in [2.75, 3.05) is 25.5 Å². The van der Waals surface area contributed by atoms with Crippen molar-refractivity contribution in [2.45, 2.75) is 12.8 Å². The lowest BCUT2D eigenvalue weighted by molar-refractivity contribution is -0.121. The molecular formula is C20H19ClF2N2O3. The molecule has 1 fully saturated rings. The fourth-order valence-electron chi connectivity index (χ4n) is 3.18. The summed E-state index contributed by atoms with van der Waals surface area (Å²) in [5, 5.41) is 2.71. The number of anilines is 1. The zero-order valence-electron chi connectivity index (χ0n) is 15.2. The number of carbonyl (C=O) groups excluding carboxylic acids is 2. The topological polar surface area (TPSA) is 58.6 Å². The van der Waals surface area contributed by atoms with Crippen LogP contribution in [0.3, 0.4) is 0 Å². The first-order valence-electron chi connectivity index (χ1n) is 8.78. The highest BCUT2D eigenvalue weighted by Gasteiger charge is 2.29. The van der Waals surface area contributed by atoms with E-state index in [0.717, 1.165) is 12.1 Å². The van der Waals surface area contributed by atoms with Gasteiger partial charge in [0.2, 0.25) is 5.91 Å². The Morgan fingerprint density at radius 3 is 2.46 bits per heavy atom. The SMILES string of the molecule is COc1ccccc1NC(=O)C1CCN(C(=O)c2cc(F)c(F)cc2Cl)CC1. The number of benzene rings is 2. The summed E-state index contributed by atoms with van der Waals surface area (Å²) in [7, 11) is 1.53. The Morgan fingerprint density at radius 1 is 1.14 bits per heavy atom. The molecule has 2 aromatic rings. The maximum Gasteiger partial charge on any atom is 0.255 e. The summed E-state index contributed by atoms with van der Waals surface area (Å²) in [6.45, 7) is 0.635. The van der Waals surface area contributed by atoms with E-state index in [-0.39, 0.29) is 22.4 Å². The van der Waals surface area contributed by atoms with Gasteiger partial charge in [0, 0.05) is 19.0 Å². The molecule has 0 atom stereocenters. The molecule has 5 nitrogen and oxygen atoms in total. The summed E-state index contributed by atoms with van der Waals surface area (Å²) >= 11 is 5.88. The summed E-state index contributed by atoms with van der Waals surface area (Å²) in [6.07, 6.45) is 0.905.